The van der Waals surface area contributed by atoms with E-state index in [1.54, 1.807) is 30.1 Å². The summed E-state index contributed by atoms with van der Waals surface area (Å²) in [6.45, 7) is 21.3. The van der Waals surface area contributed by atoms with Crippen LogP contribution in [-0.4, -0.2) is 108 Å². The number of aromatic hydroxyl groups is 1. The molecule has 11 atom stereocenters. The lowest BCUT2D eigenvalue weighted by Gasteiger charge is -2.50. The van der Waals surface area contributed by atoms with Gasteiger partial charge in [-0.05, 0) is 47.6 Å². The number of nitrogens with one attached hydrogen (secondary N) is 1. The second-order valence-electron chi connectivity index (χ2n) is 17.8. The van der Waals surface area contributed by atoms with Crippen LogP contribution in [0.5, 0.6) is 11.5 Å². The van der Waals surface area contributed by atoms with Gasteiger partial charge in [-0.1, -0.05) is 45.9 Å². The molecule has 1 amide bonds. The highest BCUT2D eigenvalue weighted by molar-refractivity contribution is 6.32. The molecule has 61 heavy (non-hydrogen) atoms. The minimum atomic E-state index is -2.05. The highest BCUT2D eigenvalue weighted by Crippen LogP contribution is 2.49. The first-order valence-electron chi connectivity index (χ1n) is 21.0. The molecular weight excluding hydrogens is 789 g/mol. The summed E-state index contributed by atoms with van der Waals surface area (Å²) in [5, 5.41) is 14.3. The van der Waals surface area contributed by atoms with Crippen molar-refractivity contribution < 1.29 is 62.2 Å². The van der Waals surface area contributed by atoms with E-state index >= 15 is 0 Å². The molecule has 2 saturated heterocycles. The van der Waals surface area contributed by atoms with Gasteiger partial charge in [0.2, 0.25) is 11.6 Å². The molecule has 332 valence electrons. The summed E-state index contributed by atoms with van der Waals surface area (Å²) in [6, 6.07) is 0. The molecule has 5 aliphatic heterocycles. The van der Waals surface area contributed by atoms with Gasteiger partial charge in [-0.25, -0.2) is 0 Å². The monoisotopic (exact) mass is 848 g/mol. The van der Waals surface area contributed by atoms with Crippen LogP contribution in [0, 0.1) is 30.6 Å². The number of rotatable bonds is 3. The number of methoxy groups -OCH3 is 1. The summed E-state index contributed by atoms with van der Waals surface area (Å²) in [4.78, 5) is 72.5. The number of carbonyl (C=O) groups excluding carboxylic acids is 5. The van der Waals surface area contributed by atoms with Crippen molar-refractivity contribution in [2.45, 2.75) is 131 Å². The van der Waals surface area contributed by atoms with E-state index in [9.17, 15) is 29.1 Å². The molecule has 6 aliphatic rings. The SMILES string of the molecule is CO[C@H]1/C=C/O[C@@]2(C)Oc3c(C)c(O)c4c(c3C2=O)C(=O)C(N2C[C@@H](C)O[C@@H](C)C2)=C(NC(=O)/C(C)=C\C=C\[C@H](C)[C@@H]2OC(C)(C)O[C@H]([C@H](C)[C@H](OC(C)=O)[C@@H]1C)[C@@H]2C)C4=O. The van der Waals surface area contributed by atoms with Crippen LogP contribution < -0.4 is 10.1 Å². The van der Waals surface area contributed by atoms with Crippen molar-refractivity contribution in [3.8, 4) is 11.5 Å². The molecule has 1 aromatic rings. The Morgan fingerprint density at radius 1 is 0.869 bits per heavy atom. The van der Waals surface area contributed by atoms with E-state index in [4.69, 9.17) is 33.2 Å². The number of ketones is 3. The van der Waals surface area contributed by atoms with Crippen LogP contribution in [-0.2, 0) is 38.0 Å². The van der Waals surface area contributed by atoms with E-state index in [1.807, 2.05) is 61.5 Å². The Balaban J connectivity index is 1.52. The molecule has 0 unspecified atom stereocenters. The average Bonchev–Trinajstić information content (AvgIpc) is 3.44. The molecule has 0 saturated carbocycles. The molecule has 1 aliphatic carbocycles. The number of ether oxygens (including phenoxy) is 7. The molecular formula is C46H60N2O13. The van der Waals surface area contributed by atoms with Gasteiger partial charge >= 0.3 is 11.8 Å². The molecule has 0 spiro atoms. The maximum Gasteiger partial charge on any atom is 0.312 e. The predicted molar refractivity (Wildman–Crippen MR) is 222 cm³/mol. The van der Waals surface area contributed by atoms with E-state index in [1.165, 1.54) is 34.1 Å². The number of fused-ring (bicyclic) bond motifs is 10. The fourth-order valence-electron chi connectivity index (χ4n) is 9.42. The number of hydrogen-bond acceptors (Lipinski definition) is 14. The number of Topliss-reactive ketones (excluding diaryl/α,β-unsaturated/α-hetero) is 3. The summed E-state index contributed by atoms with van der Waals surface area (Å²) < 4.78 is 43.1. The number of carbonyl (C=O) groups is 5. The second kappa shape index (κ2) is 17.1. The maximum atomic E-state index is 15.0. The summed E-state index contributed by atoms with van der Waals surface area (Å²) in [5.41, 5.74) is -1.23. The number of nitrogens with zero attached hydrogens (tertiary/aromatic N) is 1. The minimum Gasteiger partial charge on any atom is -0.507 e. The maximum absolute atomic E-state index is 15.0. The molecule has 2 fully saturated rings. The number of hydrogen-bond donors (Lipinski definition) is 2. The molecule has 0 radical (unpaired) electrons. The molecule has 0 aromatic heterocycles. The first-order valence-corrected chi connectivity index (χ1v) is 21.0. The Kier molecular flexibility index (Phi) is 12.8. The van der Waals surface area contributed by atoms with Gasteiger partial charge in [0.05, 0.1) is 53.5 Å². The smallest absolute Gasteiger partial charge is 0.312 e. The topological polar surface area (TPSA) is 185 Å². The zero-order valence-electron chi connectivity index (χ0n) is 37.4. The number of amides is 1. The predicted octanol–water partition coefficient (Wildman–Crippen LogP) is 5.87. The van der Waals surface area contributed by atoms with Crippen LogP contribution in [0.2, 0.25) is 0 Å². The zero-order chi connectivity index (χ0) is 45.0. The van der Waals surface area contributed by atoms with Gasteiger partial charge in [-0.15, -0.1) is 0 Å². The lowest BCUT2D eigenvalue weighted by Crippen LogP contribution is -2.56. The van der Waals surface area contributed by atoms with E-state index in [0.717, 1.165) is 0 Å². The van der Waals surface area contributed by atoms with E-state index in [-0.39, 0.29) is 88.6 Å². The lowest BCUT2D eigenvalue weighted by atomic mass is 9.77. The van der Waals surface area contributed by atoms with E-state index in [2.05, 4.69) is 5.32 Å². The van der Waals surface area contributed by atoms with Gasteiger partial charge in [0.25, 0.3) is 11.7 Å². The third kappa shape index (κ3) is 8.54. The van der Waals surface area contributed by atoms with Gasteiger partial charge in [0.15, 0.2) is 5.79 Å². The highest BCUT2D eigenvalue weighted by atomic mass is 16.7. The lowest BCUT2D eigenvalue weighted by molar-refractivity contribution is -0.336. The van der Waals surface area contributed by atoms with Crippen LogP contribution in [0.15, 0.2) is 47.5 Å². The number of esters is 1. The Bertz CT molecular complexity index is 2110. The summed E-state index contributed by atoms with van der Waals surface area (Å²) in [6.07, 6.45) is 5.14. The Hall–Kier alpha value is -4.83. The number of benzene rings is 1. The van der Waals surface area contributed by atoms with E-state index < -0.39 is 76.3 Å². The van der Waals surface area contributed by atoms with Crippen molar-refractivity contribution in [3.05, 3.63) is 69.8 Å². The van der Waals surface area contributed by atoms with Crippen LogP contribution >= 0.6 is 0 Å². The zero-order valence-corrected chi connectivity index (χ0v) is 37.4. The van der Waals surface area contributed by atoms with Gasteiger partial charge in [-0.3, -0.25) is 24.0 Å². The molecule has 2 N–H and O–H groups in total. The summed E-state index contributed by atoms with van der Waals surface area (Å²) in [5.74, 6) is -8.50. The molecule has 1 aromatic carbocycles. The Labute approximate surface area is 357 Å². The molecule has 7 rings (SSSR count). The first kappa shape index (κ1) is 45.7. The molecule has 5 heterocycles. The normalized spacial score (nSPS) is 36.3. The van der Waals surface area contributed by atoms with Crippen LogP contribution in [0.25, 0.3) is 0 Å². The van der Waals surface area contributed by atoms with Gasteiger partial charge in [0.1, 0.15) is 29.0 Å². The van der Waals surface area contributed by atoms with E-state index in [0.29, 0.717) is 0 Å². The summed E-state index contributed by atoms with van der Waals surface area (Å²) >= 11 is 0. The molecule has 7 bridgehead atoms. The quantitative estimate of drug-likeness (QED) is 0.345. The van der Waals surface area contributed by atoms with Crippen molar-refractivity contribution >= 4 is 29.2 Å². The largest absolute Gasteiger partial charge is 0.507 e. The van der Waals surface area contributed by atoms with Crippen molar-refractivity contribution in [2.75, 3.05) is 20.2 Å². The third-order valence-electron chi connectivity index (χ3n) is 12.4. The second-order valence-corrected chi connectivity index (χ2v) is 17.8. The third-order valence-corrected chi connectivity index (χ3v) is 12.4. The Morgan fingerprint density at radius 3 is 2.13 bits per heavy atom. The van der Waals surface area contributed by atoms with Crippen LogP contribution in [0.3, 0.4) is 0 Å². The van der Waals surface area contributed by atoms with Gasteiger partial charge < -0.3 is 48.5 Å². The Morgan fingerprint density at radius 2 is 1.51 bits per heavy atom. The van der Waals surface area contributed by atoms with Crippen molar-refractivity contribution in [2.24, 2.45) is 23.7 Å². The highest BCUT2D eigenvalue weighted by Gasteiger charge is 2.54. The molecule has 15 heteroatoms. The molecule has 15 nitrogen and oxygen atoms in total. The van der Waals surface area contributed by atoms with Crippen molar-refractivity contribution in [3.63, 3.8) is 0 Å². The standard InChI is InChI=1S/C46H60N2O13/c1-21-15-14-16-22(2)44(54)47-34-35(48-19-23(3)57-24(4)20-48)38(52)31-32(37(34)51)36(50)26(6)42-33(31)43(53)46(12,61-42)56-18-17-30(55-13)25(5)40(58-29(9)49)28(8)41-27(7)39(21)59-45(10,11)60-41/h14-18,21,23-25,27-28,30,39-41,50H,19-20H2,1-13H3,(H,47,54)/b15-14+,18-17+,22-16-/t21-,23-,24+,25+,27+,28+,30-,39-,40+,41-,46-/m0/s1. The van der Waals surface area contributed by atoms with Gasteiger partial charge in [0, 0.05) is 68.9 Å². The average molecular weight is 849 g/mol. The number of allylic oxidation sites excluding steroid dienone is 4. The van der Waals surface area contributed by atoms with Crippen LogP contribution in [0.1, 0.15) is 113 Å². The van der Waals surface area contributed by atoms with Crippen molar-refractivity contribution in [1.29, 1.82) is 0 Å². The fraction of sp³-hybridized carbons (Fsp3) is 0.587. The fourth-order valence-corrected chi connectivity index (χ4v) is 9.42. The minimum absolute atomic E-state index is 0.0265. The van der Waals surface area contributed by atoms with Gasteiger partial charge in [-0.2, -0.15) is 0 Å². The first-order chi connectivity index (χ1) is 28.5. The summed E-state index contributed by atoms with van der Waals surface area (Å²) in [7, 11) is 1.50. The number of morpholine rings is 1. The van der Waals surface area contributed by atoms with Crippen molar-refractivity contribution in [1.82, 2.24) is 10.2 Å². The number of phenols is 1. The number of phenolic OH excluding ortho intramolecular Hbond substituents is 1. The van der Waals surface area contributed by atoms with Crippen LogP contribution in [0.4, 0.5) is 0 Å².